The van der Waals surface area contributed by atoms with E-state index < -0.39 is 0 Å². The molecule has 0 bridgehead atoms. The van der Waals surface area contributed by atoms with Gasteiger partial charge in [0.1, 0.15) is 0 Å². The molecule has 0 aliphatic carbocycles. The Morgan fingerprint density at radius 2 is 2.06 bits per heavy atom. The molecule has 88 valence electrons. The quantitative estimate of drug-likeness (QED) is 0.542. The Hall–Kier alpha value is -1.19. The molecule has 0 radical (unpaired) electrons. The molecule has 0 aliphatic rings. The molecule has 1 rings (SSSR count). The molecule has 2 N–H and O–H groups in total. The van der Waals surface area contributed by atoms with Crippen molar-refractivity contribution in [3.8, 4) is 0 Å². The lowest BCUT2D eigenvalue weighted by atomic mass is 10.0. The van der Waals surface area contributed by atoms with Gasteiger partial charge in [0.15, 0.2) is 5.78 Å². The summed E-state index contributed by atoms with van der Waals surface area (Å²) in [5.74, 6) is 0.198. The normalized spacial score (nSPS) is 10.4. The van der Waals surface area contributed by atoms with Gasteiger partial charge in [0.2, 0.25) is 0 Å². The summed E-state index contributed by atoms with van der Waals surface area (Å²) in [5.41, 5.74) is 1.86. The predicted molar refractivity (Wildman–Crippen MR) is 64.7 cm³/mol. The van der Waals surface area contributed by atoms with Crippen LogP contribution in [0.5, 0.6) is 0 Å². The Bertz CT molecular complexity index is 336. The lowest BCUT2D eigenvalue weighted by Gasteiger charge is -2.05. The molecule has 16 heavy (non-hydrogen) atoms. The Kier molecular flexibility index (Phi) is 5.75. The summed E-state index contributed by atoms with van der Waals surface area (Å²) in [4.78, 5) is 11.8. The van der Waals surface area contributed by atoms with Crippen LogP contribution in [0.3, 0.4) is 0 Å². The SMILES string of the molecule is Cc1ccccc1C(=O)CCCNCCO. The van der Waals surface area contributed by atoms with Crippen LogP contribution in [-0.2, 0) is 0 Å². The number of ketones is 1. The highest BCUT2D eigenvalue weighted by Gasteiger charge is 2.07. The number of aliphatic hydroxyl groups is 1. The van der Waals surface area contributed by atoms with Gasteiger partial charge in [-0.1, -0.05) is 24.3 Å². The molecule has 0 aliphatic heterocycles. The van der Waals surface area contributed by atoms with Crippen LogP contribution in [0.25, 0.3) is 0 Å². The number of benzene rings is 1. The zero-order valence-corrected chi connectivity index (χ0v) is 9.70. The lowest BCUT2D eigenvalue weighted by Crippen LogP contribution is -2.20. The standard InChI is InChI=1S/C13H19NO2/c1-11-5-2-3-6-12(11)13(16)7-4-8-14-9-10-15/h2-3,5-6,14-15H,4,7-10H2,1H3. The number of rotatable bonds is 7. The van der Waals surface area contributed by atoms with Gasteiger partial charge in [-0.05, 0) is 25.5 Å². The Morgan fingerprint density at radius 1 is 1.31 bits per heavy atom. The van der Waals surface area contributed by atoms with E-state index in [1.54, 1.807) is 0 Å². The number of aliphatic hydroxyl groups excluding tert-OH is 1. The predicted octanol–water partition coefficient (Wildman–Crippen LogP) is 1.54. The first-order valence-corrected chi connectivity index (χ1v) is 5.66. The second-order valence-corrected chi connectivity index (χ2v) is 3.82. The van der Waals surface area contributed by atoms with Crippen molar-refractivity contribution in [3.05, 3.63) is 35.4 Å². The zero-order chi connectivity index (χ0) is 11.8. The second-order valence-electron chi connectivity index (χ2n) is 3.82. The summed E-state index contributed by atoms with van der Waals surface area (Å²) in [6.07, 6.45) is 1.37. The maximum Gasteiger partial charge on any atom is 0.163 e. The van der Waals surface area contributed by atoms with E-state index in [4.69, 9.17) is 5.11 Å². The van der Waals surface area contributed by atoms with Gasteiger partial charge in [-0.3, -0.25) is 4.79 Å². The van der Waals surface area contributed by atoms with E-state index >= 15 is 0 Å². The molecule has 1 aromatic rings. The van der Waals surface area contributed by atoms with Crippen molar-refractivity contribution in [3.63, 3.8) is 0 Å². The third kappa shape index (κ3) is 4.13. The van der Waals surface area contributed by atoms with Gasteiger partial charge in [0.05, 0.1) is 6.61 Å². The summed E-state index contributed by atoms with van der Waals surface area (Å²) in [6, 6.07) is 7.66. The van der Waals surface area contributed by atoms with Crippen LogP contribution in [0.15, 0.2) is 24.3 Å². The second kappa shape index (κ2) is 7.14. The molecule has 0 aromatic heterocycles. The van der Waals surface area contributed by atoms with Crippen molar-refractivity contribution >= 4 is 5.78 Å². The van der Waals surface area contributed by atoms with E-state index in [1.165, 1.54) is 0 Å². The molecule has 3 nitrogen and oxygen atoms in total. The van der Waals surface area contributed by atoms with Crippen molar-refractivity contribution in [1.29, 1.82) is 0 Å². The number of carbonyl (C=O) groups excluding carboxylic acids is 1. The largest absolute Gasteiger partial charge is 0.395 e. The minimum absolute atomic E-state index is 0.145. The summed E-state index contributed by atoms with van der Waals surface area (Å²) in [5, 5.41) is 11.6. The molecule has 3 heteroatoms. The summed E-state index contributed by atoms with van der Waals surface area (Å²) < 4.78 is 0. The van der Waals surface area contributed by atoms with Gasteiger partial charge in [-0.25, -0.2) is 0 Å². The minimum atomic E-state index is 0.145. The van der Waals surface area contributed by atoms with Gasteiger partial charge in [-0.15, -0.1) is 0 Å². The molecule has 0 unspecified atom stereocenters. The highest BCUT2D eigenvalue weighted by Crippen LogP contribution is 2.10. The third-order valence-electron chi connectivity index (χ3n) is 2.49. The van der Waals surface area contributed by atoms with Crippen molar-refractivity contribution in [2.24, 2.45) is 0 Å². The molecule has 0 amide bonds. The average Bonchev–Trinajstić information content (AvgIpc) is 2.29. The van der Waals surface area contributed by atoms with Gasteiger partial charge in [-0.2, -0.15) is 0 Å². The van der Waals surface area contributed by atoms with E-state index in [-0.39, 0.29) is 12.4 Å². The fourth-order valence-corrected chi connectivity index (χ4v) is 1.60. The number of aryl methyl sites for hydroxylation is 1. The van der Waals surface area contributed by atoms with Crippen LogP contribution in [0.2, 0.25) is 0 Å². The fourth-order valence-electron chi connectivity index (χ4n) is 1.60. The lowest BCUT2D eigenvalue weighted by molar-refractivity contribution is 0.0979. The minimum Gasteiger partial charge on any atom is -0.395 e. The number of carbonyl (C=O) groups is 1. The van der Waals surface area contributed by atoms with Crippen molar-refractivity contribution in [2.45, 2.75) is 19.8 Å². The van der Waals surface area contributed by atoms with Crippen LogP contribution < -0.4 is 5.32 Å². The Labute approximate surface area is 96.5 Å². The van der Waals surface area contributed by atoms with Gasteiger partial charge >= 0.3 is 0 Å². The molecule has 0 heterocycles. The highest BCUT2D eigenvalue weighted by atomic mass is 16.3. The van der Waals surface area contributed by atoms with E-state index in [0.717, 1.165) is 24.1 Å². The molecule has 0 saturated carbocycles. The van der Waals surface area contributed by atoms with Gasteiger partial charge in [0, 0.05) is 18.5 Å². The fraction of sp³-hybridized carbons (Fsp3) is 0.462. The average molecular weight is 221 g/mol. The van der Waals surface area contributed by atoms with Crippen LogP contribution in [-0.4, -0.2) is 30.6 Å². The first-order chi connectivity index (χ1) is 7.75. The van der Waals surface area contributed by atoms with Crippen LogP contribution in [0.1, 0.15) is 28.8 Å². The van der Waals surface area contributed by atoms with Gasteiger partial charge < -0.3 is 10.4 Å². The van der Waals surface area contributed by atoms with Crippen LogP contribution in [0, 0.1) is 6.92 Å². The van der Waals surface area contributed by atoms with Crippen molar-refractivity contribution < 1.29 is 9.90 Å². The zero-order valence-electron chi connectivity index (χ0n) is 9.70. The smallest absolute Gasteiger partial charge is 0.163 e. The number of hydrogen-bond acceptors (Lipinski definition) is 3. The first-order valence-electron chi connectivity index (χ1n) is 5.66. The third-order valence-corrected chi connectivity index (χ3v) is 2.49. The summed E-state index contributed by atoms with van der Waals surface area (Å²) in [7, 11) is 0. The van der Waals surface area contributed by atoms with E-state index in [0.29, 0.717) is 13.0 Å². The van der Waals surface area contributed by atoms with Crippen molar-refractivity contribution in [2.75, 3.05) is 19.7 Å². The molecule has 0 spiro atoms. The highest BCUT2D eigenvalue weighted by molar-refractivity contribution is 5.97. The van der Waals surface area contributed by atoms with Gasteiger partial charge in [0.25, 0.3) is 0 Å². The molecule has 0 fully saturated rings. The molecule has 0 atom stereocenters. The van der Waals surface area contributed by atoms with E-state index in [9.17, 15) is 4.79 Å². The van der Waals surface area contributed by atoms with E-state index in [1.807, 2.05) is 31.2 Å². The molecular formula is C13H19NO2. The molecule has 0 saturated heterocycles. The van der Waals surface area contributed by atoms with Crippen LogP contribution in [0.4, 0.5) is 0 Å². The maximum absolute atomic E-state index is 11.8. The number of Topliss-reactive ketones (excluding diaryl/α,β-unsaturated/α-hetero) is 1. The maximum atomic E-state index is 11.8. The van der Waals surface area contributed by atoms with E-state index in [2.05, 4.69) is 5.32 Å². The first kappa shape index (κ1) is 12.9. The number of hydrogen-bond donors (Lipinski definition) is 2. The summed E-state index contributed by atoms with van der Waals surface area (Å²) in [6.45, 7) is 3.47. The monoisotopic (exact) mass is 221 g/mol. The van der Waals surface area contributed by atoms with Crippen molar-refractivity contribution in [1.82, 2.24) is 5.32 Å². The Balaban J connectivity index is 2.33. The van der Waals surface area contributed by atoms with Crippen LogP contribution >= 0.6 is 0 Å². The summed E-state index contributed by atoms with van der Waals surface area (Å²) >= 11 is 0. The molecular weight excluding hydrogens is 202 g/mol. The molecule has 1 aromatic carbocycles. The Morgan fingerprint density at radius 3 is 2.75 bits per heavy atom. The topological polar surface area (TPSA) is 49.3 Å². The number of nitrogens with one attached hydrogen (secondary N) is 1.